The zero-order valence-electron chi connectivity index (χ0n) is 13.2. The van der Waals surface area contributed by atoms with Crippen molar-refractivity contribution in [2.75, 3.05) is 15.9 Å². The summed E-state index contributed by atoms with van der Waals surface area (Å²) < 4.78 is 25.2. The fourth-order valence-electron chi connectivity index (χ4n) is 2.92. The Labute approximate surface area is 140 Å². The molecule has 2 N–H and O–H groups in total. The number of carbonyl (C=O) groups excluding carboxylic acids is 1. The van der Waals surface area contributed by atoms with E-state index >= 15 is 0 Å². The van der Waals surface area contributed by atoms with Crippen molar-refractivity contribution in [3.63, 3.8) is 0 Å². The molecule has 0 saturated carbocycles. The highest BCUT2D eigenvalue weighted by molar-refractivity contribution is 7.92. The first-order valence-corrected chi connectivity index (χ1v) is 9.20. The second-order valence-electron chi connectivity index (χ2n) is 5.78. The van der Waals surface area contributed by atoms with Gasteiger partial charge in [0.25, 0.3) is 5.91 Å². The Bertz CT molecular complexity index is 911. The van der Waals surface area contributed by atoms with E-state index in [-0.39, 0.29) is 17.6 Å². The number of pyridine rings is 1. The number of nitrogens with zero attached hydrogens (tertiary/aromatic N) is 2. The molecular formula is C16H17N3O4S. The summed E-state index contributed by atoms with van der Waals surface area (Å²) in [4.78, 5) is 16.2. The van der Waals surface area contributed by atoms with Gasteiger partial charge in [-0.2, -0.15) is 0 Å². The van der Waals surface area contributed by atoms with Crippen molar-refractivity contribution >= 4 is 27.4 Å². The van der Waals surface area contributed by atoms with E-state index in [1.807, 2.05) is 6.92 Å². The quantitative estimate of drug-likeness (QED) is 0.881. The average molecular weight is 347 g/mol. The van der Waals surface area contributed by atoms with Crippen LogP contribution in [0.2, 0.25) is 0 Å². The topological polar surface area (TPSA) is 99.6 Å². The summed E-state index contributed by atoms with van der Waals surface area (Å²) in [5.74, 6) is -0.463. The van der Waals surface area contributed by atoms with E-state index in [0.717, 1.165) is 5.56 Å². The standard InChI is InChI=1S/C16H17N3O4S/c1-10-8-12-9-11(5-6-13(12)19(10)24(2,22)23)16(21)18-15-14(20)4-3-7-17-15/h3-7,9-10,20H,8H2,1-2H3,(H,17,18,21). The van der Waals surface area contributed by atoms with Gasteiger partial charge in [-0.15, -0.1) is 0 Å². The Hall–Kier alpha value is -2.61. The SMILES string of the molecule is CC1Cc2cc(C(=O)Nc3ncccc3O)ccc2N1S(C)(=O)=O. The zero-order valence-corrected chi connectivity index (χ0v) is 14.0. The summed E-state index contributed by atoms with van der Waals surface area (Å²) in [5, 5.41) is 12.2. The van der Waals surface area contributed by atoms with Crippen molar-refractivity contribution in [2.45, 2.75) is 19.4 Å². The number of fused-ring (bicyclic) bond motifs is 1. The van der Waals surface area contributed by atoms with Crippen LogP contribution in [0, 0.1) is 0 Å². The summed E-state index contributed by atoms with van der Waals surface area (Å²) >= 11 is 0. The van der Waals surface area contributed by atoms with Crippen LogP contribution in [0.5, 0.6) is 5.75 Å². The van der Waals surface area contributed by atoms with Gasteiger partial charge in [-0.05, 0) is 49.2 Å². The van der Waals surface area contributed by atoms with Crippen LogP contribution in [0.25, 0.3) is 0 Å². The van der Waals surface area contributed by atoms with Crippen LogP contribution in [-0.4, -0.2) is 36.7 Å². The first-order chi connectivity index (χ1) is 11.3. The minimum Gasteiger partial charge on any atom is -0.504 e. The van der Waals surface area contributed by atoms with E-state index in [1.54, 1.807) is 24.3 Å². The predicted molar refractivity (Wildman–Crippen MR) is 90.8 cm³/mol. The molecule has 126 valence electrons. The molecule has 8 heteroatoms. The number of benzene rings is 1. The van der Waals surface area contributed by atoms with Gasteiger partial charge in [-0.3, -0.25) is 9.10 Å². The first kappa shape index (κ1) is 16.3. The number of aromatic hydroxyl groups is 1. The van der Waals surface area contributed by atoms with Gasteiger partial charge in [-0.1, -0.05) is 0 Å². The van der Waals surface area contributed by atoms with Gasteiger partial charge in [0.1, 0.15) is 0 Å². The number of aromatic nitrogens is 1. The number of hydrogen-bond acceptors (Lipinski definition) is 5. The molecule has 0 aliphatic carbocycles. The number of amides is 1. The van der Waals surface area contributed by atoms with Crippen molar-refractivity contribution in [3.8, 4) is 5.75 Å². The van der Waals surface area contributed by atoms with Crippen LogP contribution in [-0.2, 0) is 16.4 Å². The van der Waals surface area contributed by atoms with Gasteiger partial charge in [0.15, 0.2) is 11.6 Å². The van der Waals surface area contributed by atoms with Crippen LogP contribution in [0.4, 0.5) is 11.5 Å². The highest BCUT2D eigenvalue weighted by Gasteiger charge is 2.32. The minimum absolute atomic E-state index is 0.0779. The third kappa shape index (κ3) is 2.92. The molecule has 1 aliphatic rings. The molecule has 1 aromatic heterocycles. The monoisotopic (exact) mass is 347 g/mol. The molecule has 2 aromatic rings. The molecule has 2 heterocycles. The molecule has 3 rings (SSSR count). The fraction of sp³-hybridized carbons (Fsp3) is 0.250. The lowest BCUT2D eigenvalue weighted by molar-refractivity contribution is 0.102. The Morgan fingerprint density at radius 1 is 1.38 bits per heavy atom. The van der Waals surface area contributed by atoms with E-state index in [4.69, 9.17) is 0 Å². The maximum Gasteiger partial charge on any atom is 0.256 e. The Morgan fingerprint density at radius 2 is 2.12 bits per heavy atom. The second-order valence-corrected chi connectivity index (χ2v) is 7.64. The maximum absolute atomic E-state index is 12.3. The van der Waals surface area contributed by atoms with Crippen LogP contribution >= 0.6 is 0 Å². The molecule has 1 aromatic carbocycles. The van der Waals surface area contributed by atoms with Gasteiger partial charge < -0.3 is 10.4 Å². The highest BCUT2D eigenvalue weighted by Crippen LogP contribution is 2.34. The largest absolute Gasteiger partial charge is 0.504 e. The number of carbonyl (C=O) groups is 1. The molecule has 0 saturated heterocycles. The first-order valence-electron chi connectivity index (χ1n) is 7.35. The number of anilines is 2. The number of sulfonamides is 1. The minimum atomic E-state index is -3.36. The highest BCUT2D eigenvalue weighted by atomic mass is 32.2. The molecule has 1 aliphatic heterocycles. The molecule has 1 unspecified atom stereocenters. The molecule has 0 fully saturated rings. The van der Waals surface area contributed by atoms with E-state index in [1.165, 1.54) is 22.8 Å². The summed E-state index contributed by atoms with van der Waals surface area (Å²) in [6.07, 6.45) is 3.17. The molecule has 7 nitrogen and oxygen atoms in total. The van der Waals surface area contributed by atoms with E-state index in [0.29, 0.717) is 17.7 Å². The van der Waals surface area contributed by atoms with Gasteiger partial charge >= 0.3 is 0 Å². The van der Waals surface area contributed by atoms with Crippen LogP contribution in [0.1, 0.15) is 22.8 Å². The second kappa shape index (κ2) is 5.79. The van der Waals surface area contributed by atoms with Crippen LogP contribution < -0.4 is 9.62 Å². The molecular weight excluding hydrogens is 330 g/mol. The van der Waals surface area contributed by atoms with E-state index in [9.17, 15) is 18.3 Å². The van der Waals surface area contributed by atoms with Gasteiger partial charge in [0.05, 0.1) is 11.9 Å². The van der Waals surface area contributed by atoms with Gasteiger partial charge in [0, 0.05) is 17.8 Å². The lowest BCUT2D eigenvalue weighted by Crippen LogP contribution is -2.34. The van der Waals surface area contributed by atoms with Crippen molar-refractivity contribution in [2.24, 2.45) is 0 Å². The number of nitrogens with one attached hydrogen (secondary N) is 1. The van der Waals surface area contributed by atoms with Crippen molar-refractivity contribution < 1.29 is 18.3 Å². The summed E-state index contributed by atoms with van der Waals surface area (Å²) in [6, 6.07) is 7.66. The third-order valence-corrected chi connectivity index (χ3v) is 5.14. The van der Waals surface area contributed by atoms with E-state index in [2.05, 4.69) is 10.3 Å². The molecule has 0 spiro atoms. The van der Waals surface area contributed by atoms with Gasteiger partial charge in [0.2, 0.25) is 10.0 Å². The average Bonchev–Trinajstić information content (AvgIpc) is 2.84. The normalized spacial score (nSPS) is 16.8. The van der Waals surface area contributed by atoms with Crippen LogP contribution in [0.3, 0.4) is 0 Å². The lowest BCUT2D eigenvalue weighted by atomic mass is 10.1. The number of hydrogen-bond donors (Lipinski definition) is 2. The predicted octanol–water partition coefficient (Wildman–Crippen LogP) is 1.75. The lowest BCUT2D eigenvalue weighted by Gasteiger charge is -2.21. The summed E-state index contributed by atoms with van der Waals surface area (Å²) in [7, 11) is -3.36. The van der Waals surface area contributed by atoms with Crippen molar-refractivity contribution in [1.29, 1.82) is 0 Å². The molecule has 24 heavy (non-hydrogen) atoms. The summed E-state index contributed by atoms with van der Waals surface area (Å²) in [5.41, 5.74) is 1.77. The zero-order chi connectivity index (χ0) is 17.5. The van der Waals surface area contributed by atoms with Gasteiger partial charge in [-0.25, -0.2) is 13.4 Å². The molecule has 0 radical (unpaired) electrons. The Morgan fingerprint density at radius 3 is 2.79 bits per heavy atom. The number of rotatable bonds is 3. The smallest absolute Gasteiger partial charge is 0.256 e. The fourth-order valence-corrected chi connectivity index (χ4v) is 4.19. The Balaban J connectivity index is 1.89. The van der Waals surface area contributed by atoms with Crippen LogP contribution in [0.15, 0.2) is 36.5 Å². The Kier molecular flexibility index (Phi) is 3.92. The van der Waals surface area contributed by atoms with Crippen molar-refractivity contribution in [1.82, 2.24) is 4.98 Å². The van der Waals surface area contributed by atoms with E-state index < -0.39 is 15.9 Å². The molecule has 0 bridgehead atoms. The third-order valence-electron chi connectivity index (χ3n) is 3.87. The molecule has 1 atom stereocenters. The summed E-state index contributed by atoms with van der Waals surface area (Å²) in [6.45, 7) is 1.83. The van der Waals surface area contributed by atoms with Crippen molar-refractivity contribution in [3.05, 3.63) is 47.7 Å². The maximum atomic E-state index is 12.3. The molecule has 1 amide bonds.